The van der Waals surface area contributed by atoms with Crippen molar-refractivity contribution in [2.24, 2.45) is 0 Å². The molecule has 0 bridgehead atoms. The minimum absolute atomic E-state index is 0.111. The van der Waals surface area contributed by atoms with Crippen molar-refractivity contribution in [3.05, 3.63) is 54.1 Å². The van der Waals surface area contributed by atoms with Crippen molar-refractivity contribution in [3.8, 4) is 5.75 Å². The first-order valence-corrected chi connectivity index (χ1v) is 10.6. The van der Waals surface area contributed by atoms with Crippen LogP contribution in [-0.4, -0.2) is 28.0 Å². The van der Waals surface area contributed by atoms with Crippen LogP contribution in [0.5, 0.6) is 5.75 Å². The fraction of sp³-hybridized carbons (Fsp3) is 0.250. The largest absolute Gasteiger partial charge is 0.492 e. The van der Waals surface area contributed by atoms with Gasteiger partial charge in [0, 0.05) is 5.69 Å². The second kappa shape index (κ2) is 9.57. The summed E-state index contributed by atoms with van der Waals surface area (Å²) in [5.41, 5.74) is 2.80. The highest BCUT2D eigenvalue weighted by atomic mass is 32.2. The summed E-state index contributed by atoms with van der Waals surface area (Å²) in [6.07, 6.45) is 0. The average Bonchev–Trinajstić information content (AvgIpc) is 3.10. The Morgan fingerprint density at radius 1 is 1.21 bits per heavy atom. The molecule has 1 atom stereocenters. The maximum atomic E-state index is 12.6. The molecule has 2 aromatic carbocycles. The quantitative estimate of drug-likeness (QED) is 0.499. The first-order valence-electron chi connectivity index (χ1n) is 8.91. The molecular formula is C20H22N4O2S2. The predicted molar refractivity (Wildman–Crippen MR) is 116 cm³/mol. The zero-order valence-electron chi connectivity index (χ0n) is 15.9. The van der Waals surface area contributed by atoms with Crippen LogP contribution in [0.15, 0.2) is 52.9 Å². The second-order valence-corrected chi connectivity index (χ2v) is 8.61. The molecule has 0 unspecified atom stereocenters. The number of carbonyl (C=O) groups is 1. The highest BCUT2D eigenvalue weighted by Crippen LogP contribution is 2.31. The molecule has 0 spiro atoms. The normalized spacial score (nSPS) is 11.7. The summed E-state index contributed by atoms with van der Waals surface area (Å²) in [7, 11) is 0. The van der Waals surface area contributed by atoms with Crippen LogP contribution in [-0.2, 0) is 4.79 Å². The number of aromatic nitrogens is 2. The number of ether oxygens (including phenoxy) is 1. The first kappa shape index (κ1) is 20.2. The number of anilines is 3. The summed E-state index contributed by atoms with van der Waals surface area (Å²) in [5, 5.41) is 14.9. The van der Waals surface area contributed by atoms with Crippen LogP contribution >= 0.6 is 23.1 Å². The lowest BCUT2D eigenvalue weighted by molar-refractivity contribution is -0.115. The highest BCUT2D eigenvalue weighted by molar-refractivity contribution is 8.02. The number of benzene rings is 2. The monoisotopic (exact) mass is 414 g/mol. The smallest absolute Gasteiger partial charge is 0.237 e. The van der Waals surface area contributed by atoms with Crippen LogP contribution in [0.25, 0.3) is 0 Å². The lowest BCUT2D eigenvalue weighted by Crippen LogP contribution is -2.22. The van der Waals surface area contributed by atoms with E-state index in [-0.39, 0.29) is 11.2 Å². The molecule has 1 aromatic heterocycles. The zero-order valence-corrected chi connectivity index (χ0v) is 17.6. The van der Waals surface area contributed by atoms with E-state index < -0.39 is 0 Å². The van der Waals surface area contributed by atoms with E-state index in [9.17, 15) is 4.79 Å². The minimum Gasteiger partial charge on any atom is -0.492 e. The van der Waals surface area contributed by atoms with Crippen LogP contribution in [0.4, 0.5) is 16.5 Å². The van der Waals surface area contributed by atoms with Gasteiger partial charge in [-0.15, -0.1) is 10.2 Å². The third-order valence-corrected chi connectivity index (χ3v) is 5.79. The lowest BCUT2D eigenvalue weighted by atomic mass is 10.2. The molecule has 0 radical (unpaired) electrons. The number of para-hydroxylation sites is 2. The molecule has 1 heterocycles. The molecule has 0 aliphatic heterocycles. The van der Waals surface area contributed by atoms with Gasteiger partial charge in [0.25, 0.3) is 0 Å². The summed E-state index contributed by atoms with van der Waals surface area (Å²) in [6.45, 7) is 6.34. The van der Waals surface area contributed by atoms with Gasteiger partial charge in [0.1, 0.15) is 5.75 Å². The minimum atomic E-state index is -0.325. The standard InChI is InChI=1S/C20H22N4O2S2/c1-4-26-17-11-6-5-10-16(17)22-18(25)14(3)27-20-24-23-19(28-20)21-15-9-7-8-13(2)12-15/h5-12,14H,4H2,1-3H3,(H,21,23)(H,22,25)/t14-/m0/s1. The van der Waals surface area contributed by atoms with Crippen molar-refractivity contribution in [3.63, 3.8) is 0 Å². The van der Waals surface area contributed by atoms with E-state index >= 15 is 0 Å². The summed E-state index contributed by atoms with van der Waals surface area (Å²) in [4.78, 5) is 12.6. The molecule has 28 heavy (non-hydrogen) atoms. The number of hydrogen-bond acceptors (Lipinski definition) is 7. The molecule has 3 aromatic rings. The molecule has 0 saturated carbocycles. The molecule has 3 rings (SSSR count). The second-order valence-electron chi connectivity index (χ2n) is 6.05. The summed E-state index contributed by atoms with van der Waals surface area (Å²) < 4.78 is 6.29. The fourth-order valence-electron chi connectivity index (χ4n) is 2.44. The van der Waals surface area contributed by atoms with Gasteiger partial charge < -0.3 is 15.4 Å². The maximum Gasteiger partial charge on any atom is 0.237 e. The van der Waals surface area contributed by atoms with E-state index in [4.69, 9.17) is 4.74 Å². The van der Waals surface area contributed by atoms with Gasteiger partial charge in [-0.05, 0) is 50.6 Å². The van der Waals surface area contributed by atoms with Crippen molar-refractivity contribution in [1.29, 1.82) is 0 Å². The van der Waals surface area contributed by atoms with Crippen LogP contribution in [0.1, 0.15) is 19.4 Å². The van der Waals surface area contributed by atoms with Gasteiger partial charge in [0.15, 0.2) is 4.34 Å². The molecule has 0 saturated heterocycles. The number of aryl methyl sites for hydroxylation is 1. The average molecular weight is 415 g/mol. The molecule has 0 aliphatic rings. The Balaban J connectivity index is 1.59. The van der Waals surface area contributed by atoms with Crippen molar-refractivity contribution in [1.82, 2.24) is 10.2 Å². The number of amides is 1. The SMILES string of the molecule is CCOc1ccccc1NC(=O)[C@H](C)Sc1nnc(Nc2cccc(C)c2)s1. The van der Waals surface area contributed by atoms with Crippen molar-refractivity contribution in [2.75, 3.05) is 17.2 Å². The van der Waals surface area contributed by atoms with E-state index in [0.29, 0.717) is 23.2 Å². The van der Waals surface area contributed by atoms with Crippen LogP contribution < -0.4 is 15.4 Å². The Morgan fingerprint density at radius 2 is 2.04 bits per heavy atom. The number of hydrogen-bond donors (Lipinski definition) is 2. The fourth-order valence-corrected chi connectivity index (χ4v) is 4.36. The van der Waals surface area contributed by atoms with Gasteiger partial charge in [-0.1, -0.05) is 47.4 Å². The third-order valence-electron chi connectivity index (χ3n) is 3.77. The van der Waals surface area contributed by atoms with Gasteiger partial charge in [0.05, 0.1) is 17.5 Å². The van der Waals surface area contributed by atoms with Crippen molar-refractivity contribution >= 4 is 45.5 Å². The highest BCUT2D eigenvalue weighted by Gasteiger charge is 2.18. The lowest BCUT2D eigenvalue weighted by Gasteiger charge is -2.13. The Labute approximate surface area is 172 Å². The summed E-state index contributed by atoms with van der Waals surface area (Å²) in [5.74, 6) is 0.552. The zero-order chi connectivity index (χ0) is 19.9. The van der Waals surface area contributed by atoms with Gasteiger partial charge in [-0.25, -0.2) is 0 Å². The number of carbonyl (C=O) groups excluding carboxylic acids is 1. The number of nitrogens with one attached hydrogen (secondary N) is 2. The maximum absolute atomic E-state index is 12.6. The first-order chi connectivity index (χ1) is 13.5. The van der Waals surface area contributed by atoms with Gasteiger partial charge in [0.2, 0.25) is 11.0 Å². The van der Waals surface area contributed by atoms with E-state index in [1.165, 1.54) is 28.7 Å². The predicted octanol–water partition coefficient (Wildman–Crippen LogP) is 5.11. The molecule has 1 amide bonds. The van der Waals surface area contributed by atoms with E-state index in [2.05, 4.69) is 20.8 Å². The Morgan fingerprint density at radius 3 is 2.82 bits per heavy atom. The Hall–Kier alpha value is -2.58. The van der Waals surface area contributed by atoms with E-state index in [0.717, 1.165) is 10.0 Å². The molecule has 146 valence electrons. The molecule has 6 nitrogen and oxygen atoms in total. The van der Waals surface area contributed by atoms with Gasteiger partial charge in [-0.2, -0.15) is 0 Å². The van der Waals surface area contributed by atoms with Crippen molar-refractivity contribution < 1.29 is 9.53 Å². The Kier molecular flexibility index (Phi) is 6.89. The van der Waals surface area contributed by atoms with E-state index in [1.54, 1.807) is 0 Å². The van der Waals surface area contributed by atoms with Gasteiger partial charge in [-0.3, -0.25) is 4.79 Å². The van der Waals surface area contributed by atoms with Crippen LogP contribution in [0.3, 0.4) is 0 Å². The van der Waals surface area contributed by atoms with Gasteiger partial charge >= 0.3 is 0 Å². The Bertz CT molecular complexity index is 945. The number of nitrogens with zero attached hydrogens (tertiary/aromatic N) is 2. The molecular weight excluding hydrogens is 392 g/mol. The van der Waals surface area contributed by atoms with Crippen molar-refractivity contribution in [2.45, 2.75) is 30.4 Å². The topological polar surface area (TPSA) is 76.1 Å². The molecule has 8 heteroatoms. The summed E-state index contributed by atoms with van der Waals surface area (Å²) >= 11 is 2.80. The number of thioether (sulfide) groups is 1. The van der Waals surface area contributed by atoms with Crippen LogP contribution in [0.2, 0.25) is 0 Å². The molecule has 0 fully saturated rings. The van der Waals surface area contributed by atoms with E-state index in [1.807, 2.05) is 69.3 Å². The number of rotatable bonds is 8. The third kappa shape index (κ3) is 5.46. The van der Waals surface area contributed by atoms with Crippen LogP contribution in [0, 0.1) is 6.92 Å². The molecule has 2 N–H and O–H groups in total. The molecule has 0 aliphatic carbocycles. The summed E-state index contributed by atoms with van der Waals surface area (Å²) in [6, 6.07) is 15.5.